The number of benzene rings is 1. The van der Waals surface area contributed by atoms with Gasteiger partial charge in [0.25, 0.3) is 0 Å². The molecule has 1 aliphatic rings. The molecule has 0 bridgehead atoms. The van der Waals surface area contributed by atoms with Crippen LogP contribution >= 0.6 is 0 Å². The first-order valence-corrected chi connectivity index (χ1v) is 13.0. The van der Waals surface area contributed by atoms with Gasteiger partial charge in [-0.2, -0.15) is 5.10 Å². The first-order chi connectivity index (χ1) is 16.4. The molecule has 2 atom stereocenters. The van der Waals surface area contributed by atoms with Gasteiger partial charge in [0, 0.05) is 41.5 Å². The molecular weight excluding hydrogens is 450 g/mol. The van der Waals surface area contributed by atoms with Crippen LogP contribution in [0.2, 0.25) is 0 Å². The second-order valence-electron chi connectivity index (χ2n) is 9.33. The highest BCUT2D eigenvalue weighted by Gasteiger charge is 2.24. The van der Waals surface area contributed by atoms with Gasteiger partial charge in [-0.05, 0) is 60.7 Å². The van der Waals surface area contributed by atoms with Crippen LogP contribution in [0.3, 0.4) is 0 Å². The first kappa shape index (κ1) is 23.2. The lowest BCUT2D eigenvalue weighted by Gasteiger charge is -2.33. The Kier molecular flexibility index (Phi) is 6.52. The molecule has 0 amide bonds. The summed E-state index contributed by atoms with van der Waals surface area (Å²) in [6.07, 6.45) is 4.24. The number of nitrogens with one attached hydrogen (secondary N) is 1. The lowest BCUT2D eigenvalue weighted by atomic mass is 9.94. The number of aryl methyl sites for hydroxylation is 1. The molecule has 1 aromatic carbocycles. The molecule has 1 aliphatic heterocycles. The first-order valence-electron chi connectivity index (χ1n) is 11.8. The third kappa shape index (κ3) is 4.53. The van der Waals surface area contributed by atoms with Crippen molar-refractivity contribution in [2.45, 2.75) is 39.2 Å². The Balaban J connectivity index is 1.48. The number of hydrogen-bond donors (Lipinski definition) is 1. The van der Waals surface area contributed by atoms with E-state index in [9.17, 15) is 8.76 Å². The van der Waals surface area contributed by atoms with Crippen LogP contribution < -0.4 is 0 Å². The monoisotopic (exact) mass is 480 g/mol. The normalized spacial score (nSPS) is 18.3. The van der Waals surface area contributed by atoms with Gasteiger partial charge in [-0.15, -0.1) is 0 Å². The van der Waals surface area contributed by atoms with Crippen molar-refractivity contribution in [2.75, 3.05) is 32.0 Å². The molecule has 9 heteroatoms. The van der Waals surface area contributed by atoms with E-state index >= 15 is 0 Å². The Morgan fingerprint density at radius 2 is 2.18 bits per heavy atom. The average Bonchev–Trinajstić information content (AvgIpc) is 3.43. The molecular formula is C25H30N5O3S-. The van der Waals surface area contributed by atoms with Crippen LogP contribution in [-0.2, 0) is 15.8 Å². The van der Waals surface area contributed by atoms with E-state index in [2.05, 4.69) is 65.0 Å². The van der Waals surface area contributed by atoms with Crippen LogP contribution in [0, 0.1) is 6.92 Å². The van der Waals surface area contributed by atoms with Crippen molar-refractivity contribution in [3.63, 3.8) is 0 Å². The summed E-state index contributed by atoms with van der Waals surface area (Å²) >= 11 is -1.98. The zero-order valence-electron chi connectivity index (χ0n) is 19.8. The van der Waals surface area contributed by atoms with Crippen LogP contribution in [0.4, 0.5) is 0 Å². The van der Waals surface area contributed by atoms with Gasteiger partial charge in [-0.1, -0.05) is 31.0 Å². The third-order valence-electron chi connectivity index (χ3n) is 6.60. The molecule has 2 unspecified atom stereocenters. The topological polar surface area (TPSA) is 98.6 Å². The molecule has 180 valence electrons. The molecule has 1 fully saturated rings. The van der Waals surface area contributed by atoms with Crippen molar-refractivity contribution in [3.05, 3.63) is 53.5 Å². The molecule has 4 aromatic rings. The number of H-pyrrole nitrogens is 1. The number of rotatable bonds is 7. The van der Waals surface area contributed by atoms with Crippen molar-refractivity contribution in [3.8, 4) is 11.3 Å². The quantitative estimate of drug-likeness (QED) is 0.402. The summed E-state index contributed by atoms with van der Waals surface area (Å²) in [5.41, 5.74) is 7.69. The fourth-order valence-electron chi connectivity index (χ4n) is 5.00. The van der Waals surface area contributed by atoms with Gasteiger partial charge in [0.2, 0.25) is 0 Å². The summed E-state index contributed by atoms with van der Waals surface area (Å²) in [4.78, 5) is 10.3. The number of hydrogen-bond acceptors (Lipinski definition) is 6. The number of aromatic nitrogens is 4. The number of fused-ring (bicyclic) bond motifs is 2. The van der Waals surface area contributed by atoms with Crippen molar-refractivity contribution in [1.82, 2.24) is 24.5 Å². The Morgan fingerprint density at radius 3 is 2.97 bits per heavy atom. The van der Waals surface area contributed by atoms with Gasteiger partial charge in [0.05, 0.1) is 18.4 Å². The summed E-state index contributed by atoms with van der Waals surface area (Å²) < 4.78 is 29.7. The predicted octanol–water partition coefficient (Wildman–Crippen LogP) is 3.95. The van der Waals surface area contributed by atoms with E-state index in [1.165, 1.54) is 10.9 Å². The zero-order valence-corrected chi connectivity index (χ0v) is 20.6. The molecule has 0 aliphatic carbocycles. The summed E-state index contributed by atoms with van der Waals surface area (Å²) in [5, 5.41) is 5.55. The highest BCUT2D eigenvalue weighted by atomic mass is 32.2. The Labute approximate surface area is 201 Å². The van der Waals surface area contributed by atoms with Gasteiger partial charge >= 0.3 is 0 Å². The van der Waals surface area contributed by atoms with Gasteiger partial charge in [0.15, 0.2) is 5.65 Å². The summed E-state index contributed by atoms with van der Waals surface area (Å²) in [6.45, 7) is 9.52. The highest BCUT2D eigenvalue weighted by molar-refractivity contribution is 7.79. The minimum absolute atomic E-state index is 0.0250. The van der Waals surface area contributed by atoms with Crippen LogP contribution in [0.5, 0.6) is 0 Å². The van der Waals surface area contributed by atoms with E-state index in [0.29, 0.717) is 18.9 Å². The maximum atomic E-state index is 10.9. The number of ether oxygens (including phenoxy) is 1. The van der Waals surface area contributed by atoms with E-state index in [1.807, 2.05) is 10.7 Å². The maximum Gasteiger partial charge on any atom is 0.158 e. The Hall–Kier alpha value is -2.59. The second-order valence-corrected chi connectivity index (χ2v) is 10.4. The average molecular weight is 481 g/mol. The number of pyridine rings is 1. The van der Waals surface area contributed by atoms with Gasteiger partial charge in [0.1, 0.15) is 6.33 Å². The predicted molar refractivity (Wildman–Crippen MR) is 133 cm³/mol. The van der Waals surface area contributed by atoms with Crippen molar-refractivity contribution in [1.29, 1.82) is 0 Å². The van der Waals surface area contributed by atoms with E-state index in [4.69, 9.17) is 4.74 Å². The standard InChI is InChI=1S/C25H31N5O3S/c1-16(2)23-20-12-18(22-14-29(8-9-33-22)7-4-10-34(31)32)5-6-21(20)28-24(23)19-11-17(3)25-26-15-27-30(25)13-19/h5-6,11-13,15-16,22,28H,4,7-10,14H2,1-3H3,(H,31,32)/p-1. The lowest BCUT2D eigenvalue weighted by Crippen LogP contribution is -2.39. The van der Waals surface area contributed by atoms with E-state index in [1.54, 1.807) is 6.33 Å². The summed E-state index contributed by atoms with van der Waals surface area (Å²) in [6, 6.07) is 8.70. The van der Waals surface area contributed by atoms with E-state index < -0.39 is 11.1 Å². The molecule has 5 rings (SSSR count). The second kappa shape index (κ2) is 9.58. The fraction of sp³-hybridized carbons (Fsp3) is 0.440. The van der Waals surface area contributed by atoms with Gasteiger partial charge in [-0.25, -0.2) is 9.50 Å². The zero-order chi connectivity index (χ0) is 23.8. The third-order valence-corrected chi connectivity index (χ3v) is 7.22. The molecule has 1 saturated heterocycles. The molecule has 3 aromatic heterocycles. The van der Waals surface area contributed by atoms with Gasteiger partial charge < -0.3 is 14.3 Å². The molecule has 4 heterocycles. The van der Waals surface area contributed by atoms with Crippen molar-refractivity contribution < 1.29 is 13.5 Å². The minimum atomic E-state index is -1.98. The molecule has 34 heavy (non-hydrogen) atoms. The van der Waals surface area contributed by atoms with E-state index in [-0.39, 0.29) is 11.9 Å². The van der Waals surface area contributed by atoms with Crippen molar-refractivity contribution in [2.24, 2.45) is 0 Å². The van der Waals surface area contributed by atoms with Gasteiger partial charge in [-0.3, -0.25) is 9.11 Å². The summed E-state index contributed by atoms with van der Waals surface area (Å²) in [5.74, 6) is 0.528. The molecule has 0 saturated carbocycles. The summed E-state index contributed by atoms with van der Waals surface area (Å²) in [7, 11) is 0. The number of nitrogens with zero attached hydrogens (tertiary/aromatic N) is 4. The number of aromatic amines is 1. The molecule has 0 spiro atoms. The SMILES string of the molecule is Cc1cc(-c2[nH]c3ccc(C4CN(CCCS(=O)[O-])CCO4)cc3c2C(C)C)cn2ncnc12. The molecule has 8 nitrogen and oxygen atoms in total. The lowest BCUT2D eigenvalue weighted by molar-refractivity contribution is -0.0297. The Bertz CT molecular complexity index is 1350. The number of morpholine rings is 1. The van der Waals surface area contributed by atoms with Crippen molar-refractivity contribution >= 4 is 27.6 Å². The maximum absolute atomic E-state index is 10.9. The fourth-order valence-corrected chi connectivity index (χ4v) is 5.37. The van der Waals surface area contributed by atoms with Crippen LogP contribution in [0.15, 0.2) is 36.8 Å². The Morgan fingerprint density at radius 1 is 1.32 bits per heavy atom. The minimum Gasteiger partial charge on any atom is -0.772 e. The largest absolute Gasteiger partial charge is 0.772 e. The molecule has 0 radical (unpaired) electrons. The van der Waals surface area contributed by atoms with Crippen LogP contribution in [0.25, 0.3) is 27.8 Å². The van der Waals surface area contributed by atoms with Crippen LogP contribution in [-0.4, -0.2) is 65.2 Å². The highest BCUT2D eigenvalue weighted by Crippen LogP contribution is 2.37. The van der Waals surface area contributed by atoms with Crippen LogP contribution in [0.1, 0.15) is 49.0 Å². The van der Waals surface area contributed by atoms with E-state index in [0.717, 1.165) is 53.2 Å². The smallest absolute Gasteiger partial charge is 0.158 e. The molecule has 1 N–H and O–H groups in total.